The Morgan fingerprint density at radius 2 is 1.89 bits per heavy atom. The Labute approximate surface area is 108 Å². The number of carbonyl (C=O) groups is 2. The van der Waals surface area contributed by atoms with Crippen LogP contribution < -0.4 is 5.32 Å². The van der Waals surface area contributed by atoms with E-state index in [0.29, 0.717) is 0 Å². The number of rotatable bonds is 4. The van der Waals surface area contributed by atoms with E-state index in [1.165, 1.54) is 0 Å². The molecule has 2 aliphatic carbocycles. The molecule has 2 saturated carbocycles. The van der Waals surface area contributed by atoms with Gasteiger partial charge in [0.25, 0.3) is 0 Å². The molecule has 0 bridgehead atoms. The van der Waals surface area contributed by atoms with Gasteiger partial charge >= 0.3 is 5.97 Å². The van der Waals surface area contributed by atoms with Gasteiger partial charge in [-0.3, -0.25) is 9.59 Å². The molecule has 4 nitrogen and oxygen atoms in total. The van der Waals surface area contributed by atoms with E-state index in [1.54, 1.807) is 0 Å². The van der Waals surface area contributed by atoms with Gasteiger partial charge in [-0.2, -0.15) is 0 Å². The maximum Gasteiger partial charge on any atom is 0.305 e. The van der Waals surface area contributed by atoms with Crippen molar-refractivity contribution in [2.75, 3.05) is 0 Å². The summed E-state index contributed by atoms with van der Waals surface area (Å²) in [6.07, 6.45) is 5.79. The highest BCUT2D eigenvalue weighted by atomic mass is 16.4. The van der Waals surface area contributed by atoms with Gasteiger partial charge in [-0.05, 0) is 37.5 Å². The summed E-state index contributed by atoms with van der Waals surface area (Å²) in [6.45, 7) is 4.27. The molecule has 2 rings (SSSR count). The fraction of sp³-hybridized carbons (Fsp3) is 0.857. The van der Waals surface area contributed by atoms with E-state index in [2.05, 4.69) is 19.2 Å². The van der Waals surface area contributed by atoms with Crippen LogP contribution in [-0.2, 0) is 9.59 Å². The maximum atomic E-state index is 12.3. The first kappa shape index (κ1) is 13.4. The molecule has 1 unspecified atom stereocenters. The Hall–Kier alpha value is -1.06. The Balaban J connectivity index is 2.00. The lowest BCUT2D eigenvalue weighted by molar-refractivity contribution is -0.141. The first-order valence-electron chi connectivity index (χ1n) is 6.89. The largest absolute Gasteiger partial charge is 0.481 e. The minimum absolute atomic E-state index is 0.0452. The van der Waals surface area contributed by atoms with Crippen molar-refractivity contribution in [2.45, 2.75) is 64.3 Å². The van der Waals surface area contributed by atoms with E-state index in [-0.39, 0.29) is 23.7 Å². The fourth-order valence-corrected chi connectivity index (χ4v) is 3.40. The van der Waals surface area contributed by atoms with Crippen molar-refractivity contribution in [3.05, 3.63) is 0 Å². The molecule has 102 valence electrons. The molecule has 4 heteroatoms. The second-order valence-corrected chi connectivity index (χ2v) is 6.63. The molecule has 0 spiro atoms. The number of hydrogen-bond acceptors (Lipinski definition) is 2. The number of aliphatic carboxylic acids is 1. The van der Waals surface area contributed by atoms with Crippen molar-refractivity contribution in [1.82, 2.24) is 5.32 Å². The van der Waals surface area contributed by atoms with Crippen molar-refractivity contribution in [2.24, 2.45) is 11.3 Å². The first-order valence-corrected chi connectivity index (χ1v) is 6.89. The van der Waals surface area contributed by atoms with Gasteiger partial charge in [0.05, 0.1) is 12.0 Å². The normalized spacial score (nSPS) is 28.4. The number of amides is 1. The van der Waals surface area contributed by atoms with Crippen LogP contribution in [0.2, 0.25) is 0 Å². The average molecular weight is 253 g/mol. The first-order chi connectivity index (χ1) is 8.35. The van der Waals surface area contributed by atoms with Gasteiger partial charge in [0.1, 0.15) is 0 Å². The van der Waals surface area contributed by atoms with Crippen LogP contribution in [0.4, 0.5) is 0 Å². The molecule has 1 atom stereocenters. The highest BCUT2D eigenvalue weighted by Gasteiger charge is 2.45. The van der Waals surface area contributed by atoms with E-state index in [9.17, 15) is 9.59 Å². The number of carboxylic acid groups (broad SMARTS) is 1. The Bertz CT molecular complexity index is 358. The highest BCUT2D eigenvalue weighted by Crippen LogP contribution is 2.44. The standard InChI is InChI=1S/C14H23NO3/c1-13(2)6-3-5-10(13)12(18)15-14(7-4-8-14)9-11(16)17/h10H,3-9H2,1-2H3,(H,15,18)(H,16,17). The smallest absolute Gasteiger partial charge is 0.305 e. The van der Waals surface area contributed by atoms with Crippen LogP contribution in [0.15, 0.2) is 0 Å². The average Bonchev–Trinajstić information content (AvgIpc) is 2.54. The SMILES string of the molecule is CC1(C)CCCC1C(=O)NC1(CC(=O)O)CCC1. The van der Waals surface area contributed by atoms with E-state index in [4.69, 9.17) is 5.11 Å². The molecular formula is C14H23NO3. The summed E-state index contributed by atoms with van der Waals surface area (Å²) >= 11 is 0. The van der Waals surface area contributed by atoms with Crippen molar-refractivity contribution < 1.29 is 14.7 Å². The van der Waals surface area contributed by atoms with E-state index in [0.717, 1.165) is 38.5 Å². The third kappa shape index (κ3) is 2.52. The Morgan fingerprint density at radius 1 is 1.22 bits per heavy atom. The summed E-state index contributed by atoms with van der Waals surface area (Å²) in [5.74, 6) is -0.706. The quantitative estimate of drug-likeness (QED) is 0.808. The van der Waals surface area contributed by atoms with Crippen LogP contribution >= 0.6 is 0 Å². The summed E-state index contributed by atoms with van der Waals surface area (Å²) in [7, 11) is 0. The van der Waals surface area contributed by atoms with Crippen molar-refractivity contribution in [3.63, 3.8) is 0 Å². The summed E-state index contributed by atoms with van der Waals surface area (Å²) in [5.41, 5.74) is -0.403. The molecule has 0 heterocycles. The molecule has 2 N–H and O–H groups in total. The van der Waals surface area contributed by atoms with Gasteiger partial charge in [0.15, 0.2) is 0 Å². The summed E-state index contributed by atoms with van der Waals surface area (Å²) in [6, 6.07) is 0. The van der Waals surface area contributed by atoms with Crippen LogP contribution in [0.3, 0.4) is 0 Å². The topological polar surface area (TPSA) is 66.4 Å². The molecular weight excluding hydrogens is 230 g/mol. The minimum Gasteiger partial charge on any atom is -0.481 e. The minimum atomic E-state index is -0.819. The Kier molecular flexibility index (Phi) is 3.39. The maximum absolute atomic E-state index is 12.3. The number of nitrogens with one attached hydrogen (secondary N) is 1. The molecule has 0 aliphatic heterocycles. The molecule has 18 heavy (non-hydrogen) atoms. The number of hydrogen-bond donors (Lipinski definition) is 2. The zero-order chi connectivity index (χ0) is 13.4. The molecule has 0 saturated heterocycles. The Morgan fingerprint density at radius 3 is 2.28 bits per heavy atom. The van der Waals surface area contributed by atoms with Crippen molar-refractivity contribution in [1.29, 1.82) is 0 Å². The van der Waals surface area contributed by atoms with Crippen molar-refractivity contribution in [3.8, 4) is 0 Å². The molecule has 0 aromatic rings. The van der Waals surface area contributed by atoms with Gasteiger partial charge < -0.3 is 10.4 Å². The summed E-state index contributed by atoms with van der Waals surface area (Å²) < 4.78 is 0. The van der Waals surface area contributed by atoms with Crippen LogP contribution in [0.5, 0.6) is 0 Å². The van der Waals surface area contributed by atoms with Gasteiger partial charge in [0.2, 0.25) is 5.91 Å². The third-order valence-corrected chi connectivity index (χ3v) is 4.76. The van der Waals surface area contributed by atoms with Gasteiger partial charge in [-0.25, -0.2) is 0 Å². The lowest BCUT2D eigenvalue weighted by atomic mass is 9.73. The second kappa shape index (κ2) is 4.56. The van der Waals surface area contributed by atoms with Gasteiger partial charge in [-0.1, -0.05) is 20.3 Å². The van der Waals surface area contributed by atoms with E-state index < -0.39 is 11.5 Å². The number of carbonyl (C=O) groups excluding carboxylic acids is 1. The van der Waals surface area contributed by atoms with Gasteiger partial charge in [-0.15, -0.1) is 0 Å². The van der Waals surface area contributed by atoms with Crippen LogP contribution in [-0.4, -0.2) is 22.5 Å². The second-order valence-electron chi connectivity index (χ2n) is 6.63. The summed E-state index contributed by atoms with van der Waals surface area (Å²) in [5, 5.41) is 12.0. The molecule has 2 fully saturated rings. The van der Waals surface area contributed by atoms with Gasteiger partial charge in [0, 0.05) is 5.92 Å². The summed E-state index contributed by atoms with van der Waals surface area (Å²) in [4.78, 5) is 23.2. The molecule has 2 aliphatic rings. The van der Waals surface area contributed by atoms with Crippen molar-refractivity contribution >= 4 is 11.9 Å². The zero-order valence-electron chi connectivity index (χ0n) is 11.3. The zero-order valence-corrected chi connectivity index (χ0v) is 11.3. The molecule has 1 amide bonds. The molecule has 0 aromatic carbocycles. The van der Waals surface area contributed by atoms with Crippen LogP contribution in [0.25, 0.3) is 0 Å². The lowest BCUT2D eigenvalue weighted by Gasteiger charge is -2.43. The molecule has 0 radical (unpaired) electrons. The predicted octanol–water partition coefficient (Wildman–Crippen LogP) is 2.33. The fourth-order valence-electron chi connectivity index (χ4n) is 3.40. The monoisotopic (exact) mass is 253 g/mol. The van der Waals surface area contributed by atoms with E-state index >= 15 is 0 Å². The highest BCUT2D eigenvalue weighted by molar-refractivity contribution is 5.81. The van der Waals surface area contributed by atoms with Crippen LogP contribution in [0.1, 0.15) is 58.8 Å². The number of carboxylic acids is 1. The lowest BCUT2D eigenvalue weighted by Crippen LogP contribution is -2.56. The van der Waals surface area contributed by atoms with E-state index in [1.807, 2.05) is 0 Å². The predicted molar refractivity (Wildman–Crippen MR) is 68.1 cm³/mol. The van der Waals surface area contributed by atoms with Crippen LogP contribution in [0, 0.1) is 11.3 Å². The third-order valence-electron chi connectivity index (χ3n) is 4.76. The molecule has 0 aromatic heterocycles.